The van der Waals surface area contributed by atoms with E-state index in [2.05, 4.69) is 10.6 Å². The average Bonchev–Trinajstić information content (AvgIpc) is 2.89. The lowest BCUT2D eigenvalue weighted by Crippen LogP contribution is -2.54. The fraction of sp³-hybridized carbons (Fsp3) is 0.526. The van der Waals surface area contributed by atoms with Crippen LogP contribution in [0.4, 0.5) is 10.5 Å². The highest BCUT2D eigenvalue weighted by Crippen LogP contribution is 2.38. The maximum absolute atomic E-state index is 12.9. The van der Waals surface area contributed by atoms with E-state index in [-0.39, 0.29) is 18.4 Å². The third kappa shape index (κ3) is 3.43. The van der Waals surface area contributed by atoms with E-state index in [1.807, 2.05) is 6.92 Å². The van der Waals surface area contributed by atoms with Crippen molar-refractivity contribution in [2.24, 2.45) is 5.92 Å². The molecule has 1 saturated carbocycles. The highest BCUT2D eigenvalue weighted by molar-refractivity contribution is 6.10. The van der Waals surface area contributed by atoms with Crippen LogP contribution < -0.4 is 20.1 Å². The van der Waals surface area contributed by atoms with Crippen LogP contribution in [0.2, 0.25) is 0 Å². The quantitative estimate of drug-likeness (QED) is 0.769. The normalized spacial score (nSPS) is 24.7. The third-order valence-corrected chi connectivity index (χ3v) is 5.47. The molecule has 0 unspecified atom stereocenters. The Kier molecular flexibility index (Phi) is 5.25. The van der Waals surface area contributed by atoms with Gasteiger partial charge in [0.25, 0.3) is 5.91 Å². The van der Waals surface area contributed by atoms with Gasteiger partial charge >= 0.3 is 6.03 Å². The Hall–Kier alpha value is -2.77. The standard InChI is InChI=1S/C19H25N3O5/c1-12-6-4-5-9-19(12)17(24)22(18(25)21-19)11-16(23)20-13-7-8-14(26-2)15(10-13)27-3/h7-8,10,12H,4-6,9,11H2,1-3H3,(H,20,23)(H,21,25)/t12-,19+/m0/s1. The van der Waals surface area contributed by atoms with Crippen LogP contribution in [-0.2, 0) is 9.59 Å². The van der Waals surface area contributed by atoms with E-state index in [0.717, 1.165) is 24.2 Å². The molecule has 0 radical (unpaired) electrons. The van der Waals surface area contributed by atoms with Crippen molar-refractivity contribution in [3.8, 4) is 11.5 Å². The third-order valence-electron chi connectivity index (χ3n) is 5.47. The van der Waals surface area contributed by atoms with Crippen LogP contribution in [0.15, 0.2) is 18.2 Å². The molecule has 2 aliphatic rings. The van der Waals surface area contributed by atoms with Crippen LogP contribution in [0.1, 0.15) is 32.6 Å². The molecule has 1 spiro atoms. The number of benzene rings is 1. The fourth-order valence-electron chi connectivity index (χ4n) is 3.90. The van der Waals surface area contributed by atoms with E-state index in [1.54, 1.807) is 18.2 Å². The number of rotatable bonds is 5. The van der Waals surface area contributed by atoms with Crippen LogP contribution in [0, 0.1) is 5.92 Å². The molecule has 27 heavy (non-hydrogen) atoms. The average molecular weight is 375 g/mol. The lowest BCUT2D eigenvalue weighted by Gasteiger charge is -2.36. The van der Waals surface area contributed by atoms with Gasteiger partial charge < -0.3 is 20.1 Å². The number of hydrogen-bond donors (Lipinski definition) is 2. The zero-order valence-electron chi connectivity index (χ0n) is 15.8. The molecule has 3 rings (SSSR count). The highest BCUT2D eigenvalue weighted by atomic mass is 16.5. The topological polar surface area (TPSA) is 97.0 Å². The molecule has 146 valence electrons. The molecule has 1 heterocycles. The first-order chi connectivity index (χ1) is 12.9. The fourth-order valence-corrected chi connectivity index (χ4v) is 3.90. The number of carbonyl (C=O) groups is 3. The molecule has 1 saturated heterocycles. The van der Waals surface area contributed by atoms with Crippen molar-refractivity contribution in [3.63, 3.8) is 0 Å². The number of methoxy groups -OCH3 is 2. The van der Waals surface area contributed by atoms with Crippen LogP contribution in [-0.4, -0.2) is 49.0 Å². The molecular weight excluding hydrogens is 350 g/mol. The molecule has 0 aromatic heterocycles. The summed E-state index contributed by atoms with van der Waals surface area (Å²) in [6, 6.07) is 4.44. The van der Waals surface area contributed by atoms with Crippen LogP contribution in [0.25, 0.3) is 0 Å². The van der Waals surface area contributed by atoms with Gasteiger partial charge in [0.15, 0.2) is 11.5 Å². The zero-order chi connectivity index (χ0) is 19.6. The van der Waals surface area contributed by atoms with Gasteiger partial charge in [-0.1, -0.05) is 19.8 Å². The zero-order valence-corrected chi connectivity index (χ0v) is 15.8. The summed E-state index contributed by atoms with van der Waals surface area (Å²) < 4.78 is 10.4. The monoisotopic (exact) mass is 375 g/mol. The van der Waals surface area contributed by atoms with Crippen molar-refractivity contribution in [2.45, 2.75) is 38.1 Å². The second kappa shape index (κ2) is 7.46. The number of nitrogens with one attached hydrogen (secondary N) is 2. The number of urea groups is 1. The summed E-state index contributed by atoms with van der Waals surface area (Å²) in [5.74, 6) is 0.313. The molecule has 0 bridgehead atoms. The first kappa shape index (κ1) is 19.0. The number of ether oxygens (including phenoxy) is 2. The number of carbonyl (C=O) groups excluding carboxylic acids is 3. The van der Waals surface area contributed by atoms with Gasteiger partial charge in [0.1, 0.15) is 12.1 Å². The number of amides is 4. The summed E-state index contributed by atoms with van der Waals surface area (Å²) in [6.45, 7) is 1.65. The number of nitrogens with zero attached hydrogens (tertiary/aromatic N) is 1. The second-order valence-corrected chi connectivity index (χ2v) is 7.06. The number of anilines is 1. The smallest absolute Gasteiger partial charge is 0.325 e. The van der Waals surface area contributed by atoms with E-state index in [1.165, 1.54) is 14.2 Å². The van der Waals surface area contributed by atoms with Crippen LogP contribution in [0.3, 0.4) is 0 Å². The van der Waals surface area contributed by atoms with Crippen LogP contribution >= 0.6 is 0 Å². The van der Waals surface area contributed by atoms with Gasteiger partial charge in [-0.2, -0.15) is 0 Å². The Labute approximate surface area is 158 Å². The van der Waals surface area contributed by atoms with Crippen molar-refractivity contribution in [1.29, 1.82) is 0 Å². The Morgan fingerprint density at radius 2 is 2.00 bits per heavy atom. The summed E-state index contributed by atoms with van der Waals surface area (Å²) in [5, 5.41) is 5.53. The molecule has 2 atom stereocenters. The van der Waals surface area contributed by atoms with Gasteiger partial charge in [-0.3, -0.25) is 14.5 Å². The minimum absolute atomic E-state index is 0.0570. The molecule has 1 aliphatic heterocycles. The molecular formula is C19H25N3O5. The Bertz CT molecular complexity index is 766. The van der Waals surface area contributed by atoms with Crippen molar-refractivity contribution < 1.29 is 23.9 Å². The molecule has 1 aromatic rings. The minimum Gasteiger partial charge on any atom is -0.493 e. The van der Waals surface area contributed by atoms with Crippen molar-refractivity contribution in [1.82, 2.24) is 10.2 Å². The highest BCUT2D eigenvalue weighted by Gasteiger charge is 2.55. The van der Waals surface area contributed by atoms with Gasteiger partial charge in [0.2, 0.25) is 5.91 Å². The number of hydrogen-bond acceptors (Lipinski definition) is 5. The van der Waals surface area contributed by atoms with Gasteiger partial charge in [-0.25, -0.2) is 4.79 Å². The maximum Gasteiger partial charge on any atom is 0.325 e. The molecule has 2 fully saturated rings. The lowest BCUT2D eigenvalue weighted by molar-refractivity contribution is -0.136. The summed E-state index contributed by atoms with van der Waals surface area (Å²) in [6.07, 6.45) is 3.44. The number of imide groups is 1. The predicted octanol–water partition coefficient (Wildman–Crippen LogP) is 2.14. The molecule has 8 heteroatoms. The SMILES string of the molecule is COc1ccc(NC(=O)CN2C(=O)N[C@@]3(CCCC[C@@H]3C)C2=O)cc1OC. The summed E-state index contributed by atoms with van der Waals surface area (Å²) in [5.41, 5.74) is -0.371. The predicted molar refractivity (Wildman–Crippen MR) is 98.8 cm³/mol. The summed E-state index contributed by atoms with van der Waals surface area (Å²) in [4.78, 5) is 38.7. The van der Waals surface area contributed by atoms with E-state index >= 15 is 0 Å². The first-order valence-corrected chi connectivity index (χ1v) is 9.07. The minimum atomic E-state index is -0.862. The van der Waals surface area contributed by atoms with E-state index in [0.29, 0.717) is 23.6 Å². The Morgan fingerprint density at radius 1 is 1.26 bits per heavy atom. The largest absolute Gasteiger partial charge is 0.493 e. The van der Waals surface area contributed by atoms with Crippen molar-refractivity contribution >= 4 is 23.5 Å². The summed E-state index contributed by atoms with van der Waals surface area (Å²) in [7, 11) is 3.03. The van der Waals surface area contributed by atoms with Gasteiger partial charge in [-0.15, -0.1) is 0 Å². The van der Waals surface area contributed by atoms with Crippen molar-refractivity contribution in [3.05, 3.63) is 18.2 Å². The maximum atomic E-state index is 12.9. The molecule has 8 nitrogen and oxygen atoms in total. The lowest BCUT2D eigenvalue weighted by atomic mass is 9.73. The van der Waals surface area contributed by atoms with Gasteiger partial charge in [0.05, 0.1) is 14.2 Å². The van der Waals surface area contributed by atoms with E-state index in [9.17, 15) is 14.4 Å². The van der Waals surface area contributed by atoms with Gasteiger partial charge in [-0.05, 0) is 30.9 Å². The van der Waals surface area contributed by atoms with Gasteiger partial charge in [0, 0.05) is 11.8 Å². The molecule has 1 aromatic carbocycles. The molecule has 2 N–H and O–H groups in total. The van der Waals surface area contributed by atoms with Crippen LogP contribution in [0.5, 0.6) is 11.5 Å². The molecule has 4 amide bonds. The first-order valence-electron chi connectivity index (χ1n) is 9.07. The second-order valence-electron chi connectivity index (χ2n) is 7.06. The van der Waals surface area contributed by atoms with E-state index < -0.39 is 17.5 Å². The van der Waals surface area contributed by atoms with Crippen molar-refractivity contribution in [2.75, 3.05) is 26.1 Å². The van der Waals surface area contributed by atoms with E-state index in [4.69, 9.17) is 9.47 Å². The Morgan fingerprint density at radius 3 is 2.67 bits per heavy atom. The molecule has 1 aliphatic carbocycles. The Balaban J connectivity index is 1.69. The summed E-state index contributed by atoms with van der Waals surface area (Å²) >= 11 is 0.